The molecule has 0 aliphatic heterocycles. The van der Waals surface area contributed by atoms with E-state index in [1.165, 1.54) is 17.7 Å². The molecule has 0 aliphatic rings. The summed E-state index contributed by atoms with van der Waals surface area (Å²) in [6.45, 7) is 9.55. The van der Waals surface area contributed by atoms with E-state index in [9.17, 15) is 0 Å². The summed E-state index contributed by atoms with van der Waals surface area (Å²) in [6.07, 6.45) is 1.17. The predicted octanol–water partition coefficient (Wildman–Crippen LogP) is 2.76. The van der Waals surface area contributed by atoms with Crippen LogP contribution in [0.15, 0.2) is 0 Å². The van der Waals surface area contributed by atoms with E-state index in [2.05, 4.69) is 50.1 Å². The summed E-state index contributed by atoms with van der Waals surface area (Å²) in [6, 6.07) is 0. The number of aromatic nitrogens is 2. The highest BCUT2D eigenvalue weighted by atomic mass is 32.1. The number of hydrogen-bond donors (Lipinski definition) is 1. The lowest BCUT2D eigenvalue weighted by atomic mass is 10.1. The summed E-state index contributed by atoms with van der Waals surface area (Å²) in [5, 5.41) is 4.53. The van der Waals surface area contributed by atoms with Crippen molar-refractivity contribution in [2.75, 3.05) is 5.75 Å². The van der Waals surface area contributed by atoms with Gasteiger partial charge in [0.2, 0.25) is 0 Å². The first-order valence-electron chi connectivity index (χ1n) is 5.21. The number of rotatable bonds is 4. The van der Waals surface area contributed by atoms with Gasteiger partial charge in [-0.05, 0) is 38.0 Å². The molecule has 0 spiro atoms. The molecule has 80 valence electrons. The van der Waals surface area contributed by atoms with Crippen LogP contribution in [0.4, 0.5) is 0 Å². The minimum Gasteiger partial charge on any atom is -0.269 e. The first-order chi connectivity index (χ1) is 6.60. The molecule has 0 fully saturated rings. The first-order valence-corrected chi connectivity index (χ1v) is 5.84. The zero-order chi connectivity index (χ0) is 10.7. The van der Waals surface area contributed by atoms with Crippen LogP contribution in [0.2, 0.25) is 0 Å². The van der Waals surface area contributed by atoms with Gasteiger partial charge in [0.25, 0.3) is 0 Å². The Balaban J connectivity index is 2.81. The van der Waals surface area contributed by atoms with Crippen LogP contribution in [-0.4, -0.2) is 15.5 Å². The lowest BCUT2D eigenvalue weighted by Crippen LogP contribution is -2.14. The molecule has 1 aromatic rings. The molecule has 2 nitrogen and oxygen atoms in total. The van der Waals surface area contributed by atoms with Crippen LogP contribution in [-0.2, 0) is 6.54 Å². The SMILES string of the molecule is CCC(CS)Cn1nc(C)c(C)c1C. The van der Waals surface area contributed by atoms with Gasteiger partial charge in [0.1, 0.15) is 0 Å². The lowest BCUT2D eigenvalue weighted by molar-refractivity contribution is 0.438. The highest BCUT2D eigenvalue weighted by Gasteiger charge is 2.11. The molecule has 0 N–H and O–H groups in total. The minimum atomic E-state index is 0.635. The molecule has 14 heavy (non-hydrogen) atoms. The summed E-state index contributed by atoms with van der Waals surface area (Å²) in [4.78, 5) is 0. The molecule has 0 saturated heterocycles. The maximum atomic E-state index is 4.53. The average Bonchev–Trinajstić information content (AvgIpc) is 2.42. The van der Waals surface area contributed by atoms with E-state index in [-0.39, 0.29) is 0 Å². The van der Waals surface area contributed by atoms with Crippen molar-refractivity contribution in [3.63, 3.8) is 0 Å². The molecule has 1 aromatic heterocycles. The van der Waals surface area contributed by atoms with Crippen LogP contribution >= 0.6 is 12.6 Å². The van der Waals surface area contributed by atoms with Crippen LogP contribution < -0.4 is 0 Å². The van der Waals surface area contributed by atoms with Crippen molar-refractivity contribution in [1.29, 1.82) is 0 Å². The smallest absolute Gasteiger partial charge is 0.0625 e. The fraction of sp³-hybridized carbons (Fsp3) is 0.727. The molecule has 1 heterocycles. The van der Waals surface area contributed by atoms with Crippen LogP contribution in [0.25, 0.3) is 0 Å². The Morgan fingerprint density at radius 3 is 2.36 bits per heavy atom. The minimum absolute atomic E-state index is 0.635. The molecule has 0 radical (unpaired) electrons. The molecule has 0 aromatic carbocycles. The number of aryl methyl sites for hydroxylation is 1. The Labute approximate surface area is 92.1 Å². The average molecular weight is 212 g/mol. The molecule has 0 bridgehead atoms. The van der Waals surface area contributed by atoms with Crippen molar-refractivity contribution in [2.24, 2.45) is 5.92 Å². The zero-order valence-electron chi connectivity index (χ0n) is 9.54. The van der Waals surface area contributed by atoms with Crippen molar-refractivity contribution >= 4 is 12.6 Å². The molecule has 0 aliphatic carbocycles. The van der Waals surface area contributed by atoms with E-state index in [1.807, 2.05) is 0 Å². The van der Waals surface area contributed by atoms with Crippen molar-refractivity contribution < 1.29 is 0 Å². The van der Waals surface area contributed by atoms with E-state index in [1.54, 1.807) is 0 Å². The van der Waals surface area contributed by atoms with E-state index in [0.717, 1.165) is 18.0 Å². The monoisotopic (exact) mass is 212 g/mol. The quantitative estimate of drug-likeness (QED) is 0.760. The molecular weight excluding hydrogens is 192 g/mol. The van der Waals surface area contributed by atoms with Gasteiger partial charge in [0.15, 0.2) is 0 Å². The molecule has 1 atom stereocenters. The molecule has 0 amide bonds. The lowest BCUT2D eigenvalue weighted by Gasteiger charge is -2.13. The number of hydrogen-bond acceptors (Lipinski definition) is 2. The largest absolute Gasteiger partial charge is 0.269 e. The van der Waals surface area contributed by atoms with Crippen LogP contribution in [0.5, 0.6) is 0 Å². The Morgan fingerprint density at radius 1 is 1.36 bits per heavy atom. The standard InChI is InChI=1S/C11H20N2S/c1-5-11(7-14)6-13-10(4)8(2)9(3)12-13/h11,14H,5-7H2,1-4H3. The van der Waals surface area contributed by atoms with Crippen LogP contribution in [0, 0.1) is 26.7 Å². The third-order valence-electron chi connectivity index (χ3n) is 3.01. The van der Waals surface area contributed by atoms with E-state index < -0.39 is 0 Å². The first kappa shape index (κ1) is 11.6. The highest BCUT2D eigenvalue weighted by molar-refractivity contribution is 7.80. The summed E-state index contributed by atoms with van der Waals surface area (Å²) in [5.41, 5.74) is 3.76. The summed E-state index contributed by atoms with van der Waals surface area (Å²) in [7, 11) is 0. The van der Waals surface area contributed by atoms with Gasteiger partial charge in [-0.1, -0.05) is 13.3 Å². The maximum absolute atomic E-state index is 4.53. The number of nitrogens with zero attached hydrogens (tertiary/aromatic N) is 2. The Hall–Kier alpha value is -0.440. The summed E-state index contributed by atoms with van der Waals surface area (Å²) < 4.78 is 2.12. The van der Waals surface area contributed by atoms with Crippen molar-refractivity contribution in [1.82, 2.24) is 9.78 Å². The Morgan fingerprint density at radius 2 is 2.00 bits per heavy atom. The second kappa shape index (κ2) is 4.87. The fourth-order valence-electron chi connectivity index (χ4n) is 1.52. The van der Waals surface area contributed by atoms with Crippen molar-refractivity contribution in [3.8, 4) is 0 Å². The topological polar surface area (TPSA) is 17.8 Å². The maximum Gasteiger partial charge on any atom is 0.0625 e. The summed E-state index contributed by atoms with van der Waals surface area (Å²) in [5.74, 6) is 1.57. The number of thiol groups is 1. The van der Waals surface area contributed by atoms with Crippen LogP contribution in [0.1, 0.15) is 30.3 Å². The predicted molar refractivity (Wildman–Crippen MR) is 64.1 cm³/mol. The second-order valence-electron chi connectivity index (χ2n) is 3.93. The molecule has 1 rings (SSSR count). The van der Waals surface area contributed by atoms with Gasteiger partial charge in [-0.15, -0.1) is 0 Å². The van der Waals surface area contributed by atoms with Gasteiger partial charge in [-0.25, -0.2) is 0 Å². The van der Waals surface area contributed by atoms with Gasteiger partial charge >= 0.3 is 0 Å². The molecule has 3 heteroatoms. The van der Waals surface area contributed by atoms with E-state index in [4.69, 9.17) is 0 Å². The Bertz CT molecular complexity index is 300. The Kier molecular flexibility index (Phi) is 4.05. The normalized spacial score (nSPS) is 13.2. The van der Waals surface area contributed by atoms with Gasteiger partial charge in [0, 0.05) is 12.2 Å². The molecular formula is C11H20N2S. The zero-order valence-corrected chi connectivity index (χ0v) is 10.4. The molecule has 1 unspecified atom stereocenters. The van der Waals surface area contributed by atoms with E-state index in [0.29, 0.717) is 5.92 Å². The van der Waals surface area contributed by atoms with Crippen molar-refractivity contribution in [2.45, 2.75) is 40.7 Å². The van der Waals surface area contributed by atoms with Crippen molar-refractivity contribution in [3.05, 3.63) is 17.0 Å². The van der Waals surface area contributed by atoms with Crippen LogP contribution in [0.3, 0.4) is 0 Å². The molecule has 0 saturated carbocycles. The third-order valence-corrected chi connectivity index (χ3v) is 3.53. The van der Waals surface area contributed by atoms with Gasteiger partial charge in [-0.2, -0.15) is 17.7 Å². The fourth-order valence-corrected chi connectivity index (χ4v) is 1.90. The van der Waals surface area contributed by atoms with Gasteiger partial charge in [0.05, 0.1) is 5.69 Å². The highest BCUT2D eigenvalue weighted by Crippen LogP contribution is 2.14. The second-order valence-corrected chi connectivity index (χ2v) is 4.30. The third kappa shape index (κ3) is 2.32. The summed E-state index contributed by atoms with van der Waals surface area (Å²) >= 11 is 4.35. The van der Waals surface area contributed by atoms with E-state index >= 15 is 0 Å². The van der Waals surface area contributed by atoms with Gasteiger partial charge in [-0.3, -0.25) is 4.68 Å². The van der Waals surface area contributed by atoms with Gasteiger partial charge < -0.3 is 0 Å².